The topological polar surface area (TPSA) is 179 Å². The summed E-state index contributed by atoms with van der Waals surface area (Å²) in [4.78, 5) is 51.8. The van der Waals surface area contributed by atoms with Gasteiger partial charge in [0.1, 0.15) is 35.1 Å². The summed E-state index contributed by atoms with van der Waals surface area (Å²) in [5.74, 6) is 8.31. The second kappa shape index (κ2) is 42.5. The highest BCUT2D eigenvalue weighted by Gasteiger charge is 2.66. The molecule has 16 rings (SSSR count). The lowest BCUT2D eigenvalue weighted by Crippen LogP contribution is -2.55. The molecule has 0 radical (unpaired) electrons. The van der Waals surface area contributed by atoms with Gasteiger partial charge >= 0.3 is 23.9 Å². The molecule has 13 heteroatoms. The molecule has 0 spiro atoms. The van der Waals surface area contributed by atoms with Gasteiger partial charge in [-0.05, 0) is 475 Å². The van der Waals surface area contributed by atoms with Gasteiger partial charge in [-0.25, -0.2) is 9.59 Å². The largest absolute Gasteiger partial charge is 0.426 e. The Bertz CT molecular complexity index is 4840. The molecular weight excluding hydrogens is 1680 g/mol. The Morgan fingerprint density at radius 3 is 0.941 bits per heavy atom. The molecule has 20 atom stereocenters. The Morgan fingerprint density at radius 2 is 0.640 bits per heavy atom. The normalized spacial score (nSPS) is 32.5. The molecule has 0 aliphatic heterocycles. The third kappa shape index (κ3) is 21.3. The smallest absolute Gasteiger partial charge is 0.328 e. The van der Waals surface area contributed by atoms with Crippen LogP contribution in [0.15, 0.2) is 48.5 Å². The van der Waals surface area contributed by atoms with Gasteiger partial charge in [0.25, 0.3) is 0 Å². The van der Waals surface area contributed by atoms with Crippen molar-refractivity contribution >= 4 is 23.9 Å². The van der Waals surface area contributed by atoms with E-state index in [1.807, 2.05) is 14.1 Å². The number of esters is 4. The Balaban J connectivity index is 0.000000154. The molecule has 0 aromatic heterocycles. The van der Waals surface area contributed by atoms with Crippen LogP contribution in [0, 0.1) is 130 Å². The van der Waals surface area contributed by atoms with Crippen molar-refractivity contribution in [2.24, 2.45) is 108 Å². The number of nitrogens with one attached hydrogen (secondary N) is 4. The van der Waals surface area contributed by atoms with Gasteiger partial charge in [-0.1, -0.05) is 211 Å². The van der Waals surface area contributed by atoms with Gasteiger partial charge in [0.05, 0.1) is 11.8 Å². The van der Waals surface area contributed by atoms with Crippen molar-refractivity contribution in [1.29, 1.82) is 0 Å². The average molecular weight is 1870 g/mol. The SMILES string of the molecule is CCC(CCCCNC)C(=O)Oc1cc(C)c2c(c1)C[C@@H]1[C@@]3(C)CCCC(C)(C)[C@@H]3CC[C@@]21C.CCC(CCCNC)C(=O)Oc1cc(C)c2c(c1)C[C@@H]1[C@@]3(C)CCCC(C)(C)[C@@H]3CC[C@@]21C.CCCCC(N)C(=O)Oc1cc(C)c2c(c1)C[C@H]1[C@@]3(C)CCCC(C)(C)[C@@H]3CC[C@]21C.Cc1cc(OC(=O)C(CCCCNC(C)C)NC(C)C)cc2c1[C@]1(C)CC[C@H]3C(C)(C)CCC[C@]3(C)[C@H]1C2. The minimum absolute atomic E-state index is 0.00495. The molecule has 6 N–H and O–H groups in total. The molecule has 0 heterocycles. The van der Waals surface area contributed by atoms with Crippen LogP contribution in [0.4, 0.5) is 0 Å². The fraction of sp³-hybridized carbons (Fsp3) is 0.772. The maximum atomic E-state index is 13.4. The van der Waals surface area contributed by atoms with Gasteiger partial charge in [-0.2, -0.15) is 0 Å². The summed E-state index contributed by atoms with van der Waals surface area (Å²) in [5, 5.41) is 13.3. The number of fused-ring (bicyclic) bond motifs is 20. The van der Waals surface area contributed by atoms with Gasteiger partial charge < -0.3 is 45.9 Å². The summed E-state index contributed by atoms with van der Waals surface area (Å²) in [5.41, 5.74) is 27.5. The van der Waals surface area contributed by atoms with Crippen LogP contribution in [-0.4, -0.2) is 81.8 Å². The maximum absolute atomic E-state index is 13.4. The maximum Gasteiger partial charge on any atom is 0.328 e. The fourth-order valence-electron chi connectivity index (χ4n) is 35.0. The molecule has 8 fully saturated rings. The summed E-state index contributed by atoms with van der Waals surface area (Å²) in [6.07, 6.45) is 43.5. The number of hydrogen-bond donors (Lipinski definition) is 5. The highest BCUT2D eigenvalue weighted by atomic mass is 16.5. The van der Waals surface area contributed by atoms with E-state index in [-0.39, 0.29) is 69.5 Å². The van der Waals surface area contributed by atoms with Crippen molar-refractivity contribution < 1.29 is 38.1 Å². The molecule has 760 valence electrons. The van der Waals surface area contributed by atoms with E-state index < -0.39 is 6.04 Å². The summed E-state index contributed by atoms with van der Waals surface area (Å²) < 4.78 is 23.9. The van der Waals surface area contributed by atoms with E-state index in [0.717, 1.165) is 163 Å². The van der Waals surface area contributed by atoms with Crippen molar-refractivity contribution in [3.8, 4) is 23.0 Å². The van der Waals surface area contributed by atoms with Gasteiger partial charge in [-0.3, -0.25) is 9.59 Å². The fourth-order valence-corrected chi connectivity index (χ4v) is 35.0. The lowest BCUT2D eigenvalue weighted by Gasteiger charge is -2.61. The molecule has 4 aromatic rings. The van der Waals surface area contributed by atoms with Crippen molar-refractivity contribution in [3.63, 3.8) is 0 Å². The molecule has 4 unspecified atom stereocenters. The molecule has 12 aliphatic rings. The van der Waals surface area contributed by atoms with E-state index in [2.05, 4.69) is 257 Å². The number of nitrogens with two attached hydrogens (primary N) is 1. The second-order valence-corrected chi connectivity index (χ2v) is 52.5. The molecule has 12 aliphatic carbocycles. The number of carbonyl (C=O) groups excluding carboxylic acids is 4. The number of carbonyl (C=O) groups is 4. The monoisotopic (exact) mass is 1870 g/mol. The average Bonchev–Trinajstić information content (AvgIpc) is 1.53. The van der Waals surface area contributed by atoms with Crippen LogP contribution in [0.25, 0.3) is 0 Å². The Kier molecular flexibility index (Phi) is 33.7. The first-order chi connectivity index (χ1) is 63.9. The van der Waals surface area contributed by atoms with Crippen LogP contribution >= 0.6 is 0 Å². The van der Waals surface area contributed by atoms with E-state index in [9.17, 15) is 19.2 Å². The van der Waals surface area contributed by atoms with Crippen LogP contribution in [0.1, 0.15) is 438 Å². The van der Waals surface area contributed by atoms with Gasteiger partial charge in [-0.15, -0.1) is 0 Å². The zero-order valence-electron chi connectivity index (χ0n) is 91.8. The van der Waals surface area contributed by atoms with Crippen LogP contribution < -0.4 is 45.9 Å². The summed E-state index contributed by atoms with van der Waals surface area (Å²) in [6.45, 7) is 67.4. The summed E-state index contributed by atoms with van der Waals surface area (Å²) >= 11 is 0. The molecule has 0 bridgehead atoms. The predicted molar refractivity (Wildman–Crippen MR) is 564 cm³/mol. The third-order valence-corrected chi connectivity index (χ3v) is 40.9. The number of benzene rings is 4. The van der Waals surface area contributed by atoms with Gasteiger partial charge in [0.2, 0.25) is 0 Å². The van der Waals surface area contributed by atoms with E-state index >= 15 is 0 Å². The Morgan fingerprint density at radius 1 is 0.346 bits per heavy atom. The minimum atomic E-state index is -0.530. The van der Waals surface area contributed by atoms with Crippen LogP contribution in [0.3, 0.4) is 0 Å². The number of unbranched alkanes of at least 4 members (excludes halogenated alkanes) is 3. The van der Waals surface area contributed by atoms with Gasteiger partial charge in [0.15, 0.2) is 0 Å². The number of hydrogen-bond acceptors (Lipinski definition) is 13. The lowest BCUT2D eigenvalue weighted by atomic mass is 9.43. The standard InChI is InChI=1S/C34H56N2O2.C31H49NO2.C30H47NO2.C28H43NO2/c1-22(2)35-18-11-10-13-27(36-23(3)4)31(37)38-26-19-24(5)30-25(20-26)21-29-33(8)16-12-15-32(6,7)28(33)14-17-34(29,30)9;1-8-22(12-9-10-17-32-7)28(33)34-24-18-21(2)27-23(19-24)20-26-30(5)15-11-14-29(3,4)25(30)13-16-31(26,27)6;1-8-21(11-9-16-31-7)27(32)33-23-17-20(2)26-22(18-23)19-25-29(5)14-10-13-28(3,4)24(29)12-15-30(25,26)6;1-7-8-10-21(29)25(30)31-20-15-18(2)24-19(16-20)17-23-27(5)13-9-12-26(3,4)22(27)11-14-28(23,24)6/h19-20,22-23,27-29,35-36H,10-18,21H2,1-9H3;18-19,22,25-26,32H,8-17,20H2,1-7H3;17-18,21,24-25,31H,8-16,19H2,1-7H3;15-16,21-23H,7-14,17,29H2,1-6H3/t27?,28-,29+,33-,34+;22?,25-,26+,30-,31+;21?,24-,25+,29-,30+;21?,22-,23-,27-,28-/m0000/s1. The van der Waals surface area contributed by atoms with E-state index in [1.165, 1.54) is 178 Å². The number of aryl methyl sites for hydroxylation is 4. The molecule has 0 amide bonds. The molecule has 0 saturated heterocycles. The third-order valence-electron chi connectivity index (χ3n) is 40.9. The van der Waals surface area contributed by atoms with Crippen LogP contribution in [-0.2, 0) is 66.5 Å². The van der Waals surface area contributed by atoms with Crippen molar-refractivity contribution in [2.75, 3.05) is 33.7 Å². The highest BCUT2D eigenvalue weighted by molar-refractivity contribution is 5.80. The minimum Gasteiger partial charge on any atom is -0.426 e. The van der Waals surface area contributed by atoms with Crippen molar-refractivity contribution in [3.05, 3.63) is 115 Å². The molecular formula is C123H195N5O8. The first kappa shape index (κ1) is 108. The van der Waals surface area contributed by atoms with E-state index in [1.54, 1.807) is 16.7 Å². The molecule has 4 aromatic carbocycles. The Labute approximate surface area is 828 Å². The van der Waals surface area contributed by atoms with Crippen LogP contribution in [0.5, 0.6) is 23.0 Å². The van der Waals surface area contributed by atoms with E-state index in [0.29, 0.717) is 85.2 Å². The number of rotatable bonds is 30. The zero-order valence-corrected chi connectivity index (χ0v) is 91.8. The first-order valence-electron chi connectivity index (χ1n) is 55.9. The first-order valence-corrected chi connectivity index (χ1v) is 55.9. The molecule has 13 nitrogen and oxygen atoms in total. The van der Waals surface area contributed by atoms with Gasteiger partial charge in [0, 0.05) is 12.1 Å². The lowest BCUT2D eigenvalue weighted by molar-refractivity contribution is -0.140. The molecule has 8 saturated carbocycles. The van der Waals surface area contributed by atoms with Crippen LogP contribution in [0.2, 0.25) is 0 Å². The predicted octanol–water partition coefficient (Wildman–Crippen LogP) is 28.3. The quantitative estimate of drug-likeness (QED) is 0.0189. The van der Waals surface area contributed by atoms with Crippen molar-refractivity contribution in [1.82, 2.24) is 21.3 Å². The van der Waals surface area contributed by atoms with Crippen molar-refractivity contribution in [2.45, 2.75) is 470 Å². The highest BCUT2D eigenvalue weighted by Crippen LogP contribution is 2.73. The molecule has 136 heavy (non-hydrogen) atoms. The summed E-state index contributed by atoms with van der Waals surface area (Å²) in [6, 6.07) is 17.3. The van der Waals surface area contributed by atoms with E-state index in [4.69, 9.17) is 24.7 Å². The number of ether oxygens (including phenoxy) is 4. The Hall–Kier alpha value is -5.44. The summed E-state index contributed by atoms with van der Waals surface area (Å²) in [7, 11) is 3.94. The second-order valence-electron chi connectivity index (χ2n) is 52.5. The zero-order chi connectivity index (χ0) is 99.2.